The SMILES string of the molecule is O=c1[nH]c2ccc(C(O)c3ccc(Cl)c(Br)c3)cc2o1. The quantitative estimate of drug-likeness (QED) is 0.738. The van der Waals surface area contributed by atoms with Gasteiger partial charge < -0.3 is 9.52 Å². The number of halogens is 2. The van der Waals surface area contributed by atoms with Crippen LogP contribution in [0.3, 0.4) is 0 Å². The first kappa shape index (κ1) is 13.4. The first-order valence-corrected chi connectivity index (χ1v) is 6.97. The number of aromatic amines is 1. The van der Waals surface area contributed by atoms with Gasteiger partial charge in [0.2, 0.25) is 0 Å². The third-order valence-electron chi connectivity index (χ3n) is 3.02. The molecule has 0 saturated carbocycles. The Morgan fingerprint density at radius 1 is 1.20 bits per heavy atom. The third kappa shape index (κ3) is 2.40. The molecular weight excluding hydrogens is 346 g/mol. The van der Waals surface area contributed by atoms with E-state index < -0.39 is 11.9 Å². The number of nitrogens with one attached hydrogen (secondary N) is 1. The van der Waals surface area contributed by atoms with Gasteiger partial charge in [-0.1, -0.05) is 23.7 Å². The number of rotatable bonds is 2. The second kappa shape index (κ2) is 5.09. The number of H-pyrrole nitrogens is 1. The summed E-state index contributed by atoms with van der Waals surface area (Å²) in [5, 5.41) is 11.0. The minimum absolute atomic E-state index is 0.416. The fraction of sp³-hybridized carbons (Fsp3) is 0.0714. The molecular formula is C14H9BrClNO3. The second-order valence-electron chi connectivity index (χ2n) is 4.35. The number of aliphatic hydroxyl groups excluding tert-OH is 1. The van der Waals surface area contributed by atoms with Crippen molar-refractivity contribution in [2.24, 2.45) is 0 Å². The minimum atomic E-state index is -0.826. The highest BCUT2D eigenvalue weighted by molar-refractivity contribution is 9.10. The van der Waals surface area contributed by atoms with Crippen LogP contribution in [0.5, 0.6) is 0 Å². The molecule has 0 aliphatic heterocycles. The Bertz CT molecular complexity index is 840. The highest BCUT2D eigenvalue weighted by atomic mass is 79.9. The lowest BCUT2D eigenvalue weighted by molar-refractivity contribution is 0.220. The molecule has 0 amide bonds. The summed E-state index contributed by atoms with van der Waals surface area (Å²) in [6, 6.07) is 10.3. The van der Waals surface area contributed by atoms with E-state index in [0.29, 0.717) is 31.7 Å². The van der Waals surface area contributed by atoms with Gasteiger partial charge in [0, 0.05) is 4.47 Å². The van der Waals surface area contributed by atoms with Crippen molar-refractivity contribution in [2.45, 2.75) is 6.10 Å². The Kier molecular flexibility index (Phi) is 3.41. The summed E-state index contributed by atoms with van der Waals surface area (Å²) in [6.07, 6.45) is -0.826. The summed E-state index contributed by atoms with van der Waals surface area (Å²) in [4.78, 5) is 13.7. The zero-order chi connectivity index (χ0) is 14.3. The number of aliphatic hydroxyl groups is 1. The van der Waals surface area contributed by atoms with E-state index in [0.717, 1.165) is 0 Å². The molecule has 0 aliphatic carbocycles. The van der Waals surface area contributed by atoms with Gasteiger partial charge in [-0.05, 0) is 51.3 Å². The molecule has 20 heavy (non-hydrogen) atoms. The van der Waals surface area contributed by atoms with Crippen molar-refractivity contribution in [1.82, 2.24) is 4.98 Å². The third-order valence-corrected chi connectivity index (χ3v) is 4.23. The molecule has 0 saturated heterocycles. The number of hydrogen-bond donors (Lipinski definition) is 2. The largest absolute Gasteiger partial charge is 0.417 e. The molecule has 102 valence electrons. The Morgan fingerprint density at radius 3 is 2.65 bits per heavy atom. The van der Waals surface area contributed by atoms with Gasteiger partial charge in [0.1, 0.15) is 6.10 Å². The van der Waals surface area contributed by atoms with Crippen molar-refractivity contribution >= 4 is 38.6 Å². The lowest BCUT2D eigenvalue weighted by Gasteiger charge is -2.12. The van der Waals surface area contributed by atoms with E-state index in [9.17, 15) is 9.90 Å². The summed E-state index contributed by atoms with van der Waals surface area (Å²) < 4.78 is 5.70. The number of hydrogen-bond acceptors (Lipinski definition) is 3. The average molecular weight is 355 g/mol. The topological polar surface area (TPSA) is 66.2 Å². The smallest absolute Gasteiger partial charge is 0.408 e. The van der Waals surface area contributed by atoms with Crippen LogP contribution in [-0.2, 0) is 0 Å². The maximum absolute atomic E-state index is 11.1. The summed E-state index contributed by atoms with van der Waals surface area (Å²) in [7, 11) is 0. The van der Waals surface area contributed by atoms with Gasteiger partial charge >= 0.3 is 5.76 Å². The predicted molar refractivity (Wildman–Crippen MR) is 80.0 cm³/mol. The fourth-order valence-corrected chi connectivity index (χ4v) is 2.52. The highest BCUT2D eigenvalue weighted by Gasteiger charge is 2.13. The van der Waals surface area contributed by atoms with Crippen LogP contribution < -0.4 is 5.76 Å². The molecule has 0 aliphatic rings. The highest BCUT2D eigenvalue weighted by Crippen LogP contribution is 2.30. The first-order chi connectivity index (χ1) is 9.54. The number of oxazole rings is 1. The molecule has 3 aromatic rings. The molecule has 0 fully saturated rings. The van der Waals surface area contributed by atoms with E-state index in [4.69, 9.17) is 16.0 Å². The van der Waals surface area contributed by atoms with E-state index in [1.165, 1.54) is 0 Å². The number of fused-ring (bicyclic) bond motifs is 1. The molecule has 3 rings (SSSR count). The Morgan fingerprint density at radius 2 is 1.90 bits per heavy atom. The number of benzene rings is 2. The van der Waals surface area contributed by atoms with Gasteiger partial charge in [-0.2, -0.15) is 0 Å². The summed E-state index contributed by atoms with van der Waals surface area (Å²) in [6.45, 7) is 0. The summed E-state index contributed by atoms with van der Waals surface area (Å²) in [5.74, 6) is -0.513. The summed E-state index contributed by atoms with van der Waals surface area (Å²) in [5.41, 5.74) is 2.34. The van der Waals surface area contributed by atoms with E-state index in [1.807, 2.05) is 0 Å². The van der Waals surface area contributed by atoms with Crippen molar-refractivity contribution in [1.29, 1.82) is 0 Å². The standard InChI is InChI=1S/C14H9BrClNO3/c15-9-5-7(1-3-10(9)16)13(18)8-2-4-11-12(6-8)20-14(19)17-11/h1-6,13,18H,(H,17,19). The molecule has 1 heterocycles. The molecule has 0 radical (unpaired) electrons. The molecule has 2 aromatic carbocycles. The van der Waals surface area contributed by atoms with E-state index >= 15 is 0 Å². The predicted octanol–water partition coefficient (Wildman–Crippen LogP) is 3.62. The molecule has 4 nitrogen and oxygen atoms in total. The van der Waals surface area contributed by atoms with Crippen molar-refractivity contribution in [3.05, 3.63) is 67.6 Å². The molecule has 2 N–H and O–H groups in total. The Balaban J connectivity index is 2.04. The normalized spacial score (nSPS) is 12.8. The lowest BCUT2D eigenvalue weighted by atomic mass is 10.0. The zero-order valence-electron chi connectivity index (χ0n) is 10.1. The molecule has 1 unspecified atom stereocenters. The van der Waals surface area contributed by atoms with Crippen molar-refractivity contribution in [3.63, 3.8) is 0 Å². The van der Waals surface area contributed by atoms with E-state index in [2.05, 4.69) is 20.9 Å². The van der Waals surface area contributed by atoms with Crippen molar-refractivity contribution < 1.29 is 9.52 Å². The van der Waals surface area contributed by atoms with Crippen LogP contribution in [0.1, 0.15) is 17.2 Å². The van der Waals surface area contributed by atoms with Crippen LogP contribution >= 0.6 is 27.5 Å². The molecule has 1 atom stereocenters. The first-order valence-electron chi connectivity index (χ1n) is 5.80. The lowest BCUT2D eigenvalue weighted by Crippen LogP contribution is -1.99. The van der Waals surface area contributed by atoms with Crippen LogP contribution in [0, 0.1) is 0 Å². The monoisotopic (exact) mass is 353 g/mol. The van der Waals surface area contributed by atoms with E-state index in [1.54, 1.807) is 36.4 Å². The molecule has 0 spiro atoms. The molecule has 6 heteroatoms. The second-order valence-corrected chi connectivity index (χ2v) is 5.61. The maximum Gasteiger partial charge on any atom is 0.417 e. The van der Waals surface area contributed by atoms with Gasteiger partial charge in [-0.15, -0.1) is 0 Å². The average Bonchev–Trinajstić information content (AvgIpc) is 2.80. The van der Waals surface area contributed by atoms with Crippen LogP contribution in [-0.4, -0.2) is 10.1 Å². The Labute approximate surface area is 127 Å². The van der Waals surface area contributed by atoms with Crippen LogP contribution in [0.4, 0.5) is 0 Å². The van der Waals surface area contributed by atoms with Gasteiger partial charge in [-0.25, -0.2) is 4.79 Å². The zero-order valence-corrected chi connectivity index (χ0v) is 12.4. The number of aromatic nitrogens is 1. The summed E-state index contributed by atoms with van der Waals surface area (Å²) >= 11 is 9.25. The van der Waals surface area contributed by atoms with Gasteiger partial charge in [0.05, 0.1) is 10.5 Å². The minimum Gasteiger partial charge on any atom is -0.408 e. The van der Waals surface area contributed by atoms with Gasteiger partial charge in [0.15, 0.2) is 5.58 Å². The van der Waals surface area contributed by atoms with Crippen LogP contribution in [0.2, 0.25) is 5.02 Å². The van der Waals surface area contributed by atoms with Crippen LogP contribution in [0.15, 0.2) is 50.1 Å². The molecule has 0 bridgehead atoms. The molecule has 1 aromatic heterocycles. The van der Waals surface area contributed by atoms with Crippen molar-refractivity contribution in [3.8, 4) is 0 Å². The van der Waals surface area contributed by atoms with Crippen molar-refractivity contribution in [2.75, 3.05) is 0 Å². The van der Waals surface area contributed by atoms with Gasteiger partial charge in [0.25, 0.3) is 0 Å². The van der Waals surface area contributed by atoms with Crippen LogP contribution in [0.25, 0.3) is 11.1 Å². The van der Waals surface area contributed by atoms with Gasteiger partial charge in [-0.3, -0.25) is 4.98 Å². The Hall–Kier alpha value is -1.56. The van der Waals surface area contributed by atoms with E-state index in [-0.39, 0.29) is 0 Å². The maximum atomic E-state index is 11.1. The fourth-order valence-electron chi connectivity index (χ4n) is 2.01.